The normalized spacial score (nSPS) is 14.4. The lowest BCUT2D eigenvalue weighted by molar-refractivity contribution is -0.130. The number of likely N-dealkylation sites (tertiary alicyclic amines) is 1. The molecule has 2 N–H and O–H groups in total. The molecule has 0 bridgehead atoms. The first kappa shape index (κ1) is 22.5. The highest BCUT2D eigenvalue weighted by Crippen LogP contribution is 2.11. The molecule has 0 atom stereocenters. The molecule has 0 saturated carbocycles. The van der Waals surface area contributed by atoms with Crippen LogP contribution in [-0.2, 0) is 4.79 Å². The van der Waals surface area contributed by atoms with E-state index in [1.54, 1.807) is 0 Å². The number of benzene rings is 1. The summed E-state index contributed by atoms with van der Waals surface area (Å²) in [4.78, 5) is 18.5. The van der Waals surface area contributed by atoms with Crippen LogP contribution in [0, 0.1) is 6.92 Å². The van der Waals surface area contributed by atoms with Gasteiger partial charge in [-0.05, 0) is 45.2 Å². The highest BCUT2D eigenvalue weighted by Gasteiger charge is 2.15. The van der Waals surface area contributed by atoms with Crippen molar-refractivity contribution in [3.63, 3.8) is 0 Å². The van der Waals surface area contributed by atoms with E-state index in [0.29, 0.717) is 19.1 Å². The van der Waals surface area contributed by atoms with Gasteiger partial charge in [0.05, 0.1) is 6.54 Å². The molecule has 0 aromatic heterocycles. The maximum Gasteiger partial charge on any atom is 0.244 e. The first-order chi connectivity index (χ1) is 12.2. The number of hydrogen-bond donors (Lipinski definition) is 2. The molecule has 0 unspecified atom stereocenters. The topological polar surface area (TPSA) is 66.0 Å². The number of nitrogens with zero attached hydrogens (tertiary/aromatic N) is 2. The van der Waals surface area contributed by atoms with Gasteiger partial charge in [-0.25, -0.2) is 4.99 Å². The molecular formula is C19H31IN4O2. The fraction of sp³-hybridized carbons (Fsp3) is 0.579. The lowest BCUT2D eigenvalue weighted by Gasteiger charge is -2.26. The zero-order chi connectivity index (χ0) is 17.9. The maximum atomic E-state index is 12.2. The van der Waals surface area contributed by atoms with E-state index >= 15 is 0 Å². The molecular weight excluding hydrogens is 443 g/mol. The van der Waals surface area contributed by atoms with Crippen LogP contribution in [0.4, 0.5) is 0 Å². The number of guanidine groups is 1. The van der Waals surface area contributed by atoms with Crippen molar-refractivity contribution in [2.45, 2.75) is 33.1 Å². The Hall–Kier alpha value is -1.51. The van der Waals surface area contributed by atoms with Crippen molar-refractivity contribution in [3.05, 3.63) is 29.8 Å². The first-order valence-corrected chi connectivity index (χ1v) is 9.18. The number of carbonyl (C=O) groups excluding carboxylic acids is 1. The van der Waals surface area contributed by atoms with Crippen molar-refractivity contribution in [1.82, 2.24) is 15.5 Å². The molecule has 1 saturated heterocycles. The molecule has 1 amide bonds. The maximum absolute atomic E-state index is 12.2. The summed E-state index contributed by atoms with van der Waals surface area (Å²) in [6, 6.07) is 7.98. The monoisotopic (exact) mass is 474 g/mol. The van der Waals surface area contributed by atoms with Crippen molar-refractivity contribution < 1.29 is 9.53 Å². The molecule has 2 rings (SSSR count). The molecule has 1 aliphatic heterocycles. The zero-order valence-electron chi connectivity index (χ0n) is 15.8. The average molecular weight is 474 g/mol. The lowest BCUT2D eigenvalue weighted by Crippen LogP contribution is -2.41. The number of amides is 1. The van der Waals surface area contributed by atoms with E-state index in [-0.39, 0.29) is 36.4 Å². The van der Waals surface area contributed by atoms with Crippen molar-refractivity contribution in [1.29, 1.82) is 0 Å². The van der Waals surface area contributed by atoms with Crippen molar-refractivity contribution in [2.75, 3.05) is 39.3 Å². The molecule has 146 valence electrons. The number of carbonyl (C=O) groups is 1. The molecule has 1 heterocycles. The van der Waals surface area contributed by atoms with Gasteiger partial charge in [0.25, 0.3) is 0 Å². The molecule has 1 aliphatic rings. The minimum Gasteiger partial charge on any atom is -0.492 e. The van der Waals surface area contributed by atoms with E-state index in [0.717, 1.165) is 38.2 Å². The Morgan fingerprint density at radius 3 is 2.50 bits per heavy atom. The van der Waals surface area contributed by atoms with E-state index < -0.39 is 0 Å². The second kappa shape index (κ2) is 12.8. The van der Waals surface area contributed by atoms with Crippen LogP contribution in [0.3, 0.4) is 0 Å². The van der Waals surface area contributed by atoms with Crippen LogP contribution < -0.4 is 15.4 Å². The number of piperidine rings is 1. The van der Waals surface area contributed by atoms with Gasteiger partial charge in [0.15, 0.2) is 5.96 Å². The minimum atomic E-state index is 0. The molecule has 0 radical (unpaired) electrons. The van der Waals surface area contributed by atoms with E-state index in [4.69, 9.17) is 4.74 Å². The predicted molar refractivity (Wildman–Crippen MR) is 117 cm³/mol. The zero-order valence-corrected chi connectivity index (χ0v) is 18.1. The molecule has 1 fully saturated rings. The van der Waals surface area contributed by atoms with Gasteiger partial charge in [-0.1, -0.05) is 17.7 Å². The molecule has 0 aliphatic carbocycles. The number of halogens is 1. The van der Waals surface area contributed by atoms with Gasteiger partial charge in [-0.3, -0.25) is 4.79 Å². The third kappa shape index (κ3) is 8.25. The largest absolute Gasteiger partial charge is 0.492 e. The third-order valence-corrected chi connectivity index (χ3v) is 4.11. The molecule has 7 heteroatoms. The number of ether oxygens (including phenoxy) is 1. The summed E-state index contributed by atoms with van der Waals surface area (Å²) < 4.78 is 5.69. The van der Waals surface area contributed by atoms with Crippen LogP contribution in [0.5, 0.6) is 5.75 Å². The van der Waals surface area contributed by atoms with Crippen LogP contribution in [0.2, 0.25) is 0 Å². The molecule has 6 nitrogen and oxygen atoms in total. The van der Waals surface area contributed by atoms with Gasteiger partial charge >= 0.3 is 0 Å². The van der Waals surface area contributed by atoms with Gasteiger partial charge in [0.2, 0.25) is 5.91 Å². The number of hydrogen-bond acceptors (Lipinski definition) is 3. The summed E-state index contributed by atoms with van der Waals surface area (Å²) in [6.45, 7) is 7.88. The van der Waals surface area contributed by atoms with Crippen LogP contribution >= 0.6 is 24.0 Å². The highest BCUT2D eigenvalue weighted by molar-refractivity contribution is 14.0. The van der Waals surface area contributed by atoms with E-state index in [1.807, 2.05) is 36.1 Å². The van der Waals surface area contributed by atoms with E-state index in [2.05, 4.69) is 22.5 Å². The minimum absolute atomic E-state index is 0. The Balaban J connectivity index is 0.00000338. The Kier molecular flexibility index (Phi) is 11.1. The van der Waals surface area contributed by atoms with Crippen molar-refractivity contribution in [2.24, 2.45) is 4.99 Å². The van der Waals surface area contributed by atoms with Gasteiger partial charge < -0.3 is 20.3 Å². The average Bonchev–Trinajstić information content (AvgIpc) is 2.65. The molecule has 1 aromatic carbocycles. The summed E-state index contributed by atoms with van der Waals surface area (Å²) in [5.74, 6) is 1.61. The Morgan fingerprint density at radius 1 is 1.15 bits per heavy atom. The molecule has 1 aromatic rings. The van der Waals surface area contributed by atoms with Crippen LogP contribution in [-0.4, -0.2) is 56.1 Å². The number of nitrogens with one attached hydrogen (secondary N) is 2. The highest BCUT2D eigenvalue weighted by atomic mass is 127. The number of rotatable bonds is 7. The van der Waals surface area contributed by atoms with Gasteiger partial charge in [-0.2, -0.15) is 0 Å². The summed E-state index contributed by atoms with van der Waals surface area (Å²) in [7, 11) is 0. The van der Waals surface area contributed by atoms with Gasteiger partial charge in [-0.15, -0.1) is 24.0 Å². The summed E-state index contributed by atoms with van der Waals surface area (Å²) >= 11 is 0. The van der Waals surface area contributed by atoms with Gasteiger partial charge in [0, 0.05) is 19.6 Å². The van der Waals surface area contributed by atoms with Crippen LogP contribution in [0.15, 0.2) is 29.3 Å². The van der Waals surface area contributed by atoms with E-state index in [1.165, 1.54) is 12.0 Å². The number of aliphatic imine (C=N–C) groups is 1. The summed E-state index contributed by atoms with van der Waals surface area (Å²) in [6.07, 6.45) is 3.42. The standard InChI is InChI=1S/C19H30N4O2.HI/c1-3-20-19(22-15-18(24)23-12-5-4-6-13-23)21-11-14-25-17-9-7-16(2)8-10-17;/h7-10H,3-6,11-15H2,1-2H3,(H2,20,21,22);1H. The Labute approximate surface area is 173 Å². The first-order valence-electron chi connectivity index (χ1n) is 9.18. The number of aryl methyl sites for hydroxylation is 1. The van der Waals surface area contributed by atoms with E-state index in [9.17, 15) is 4.79 Å². The Morgan fingerprint density at radius 2 is 1.85 bits per heavy atom. The second-order valence-electron chi connectivity index (χ2n) is 6.22. The molecule has 0 spiro atoms. The quantitative estimate of drug-likeness (QED) is 0.276. The van der Waals surface area contributed by atoms with Gasteiger partial charge in [0.1, 0.15) is 18.9 Å². The summed E-state index contributed by atoms with van der Waals surface area (Å²) in [5.41, 5.74) is 1.21. The fourth-order valence-electron chi connectivity index (χ4n) is 2.70. The second-order valence-corrected chi connectivity index (χ2v) is 6.22. The van der Waals surface area contributed by atoms with Crippen molar-refractivity contribution in [3.8, 4) is 5.75 Å². The van der Waals surface area contributed by atoms with Crippen molar-refractivity contribution >= 4 is 35.8 Å². The fourth-order valence-corrected chi connectivity index (χ4v) is 2.70. The predicted octanol–water partition coefficient (Wildman–Crippen LogP) is 2.56. The Bertz CT molecular complexity index is 557. The smallest absolute Gasteiger partial charge is 0.244 e. The molecule has 26 heavy (non-hydrogen) atoms. The lowest BCUT2D eigenvalue weighted by atomic mass is 10.1. The third-order valence-electron chi connectivity index (χ3n) is 4.11. The van der Waals surface area contributed by atoms with Crippen LogP contribution in [0.1, 0.15) is 31.7 Å². The van der Waals surface area contributed by atoms with Crippen LogP contribution in [0.25, 0.3) is 0 Å². The SMILES string of the molecule is CCNC(=NCC(=O)N1CCCCC1)NCCOc1ccc(C)cc1.I. The summed E-state index contributed by atoms with van der Waals surface area (Å²) in [5, 5.41) is 6.36.